The Balaban J connectivity index is 2.24. The van der Waals surface area contributed by atoms with Gasteiger partial charge in [-0.1, -0.05) is 33.3 Å². The van der Waals surface area contributed by atoms with Gasteiger partial charge in [0.15, 0.2) is 8.32 Å². The molecule has 1 aliphatic carbocycles. The van der Waals surface area contributed by atoms with Gasteiger partial charge in [-0.3, -0.25) is 0 Å². The predicted octanol–water partition coefficient (Wildman–Crippen LogP) is 6.05. The molecule has 146 valence electrons. The van der Waals surface area contributed by atoms with Gasteiger partial charge in [0.05, 0.1) is 12.2 Å². The lowest BCUT2D eigenvalue weighted by molar-refractivity contribution is 0.0521. The maximum absolute atomic E-state index is 14.6. The van der Waals surface area contributed by atoms with Gasteiger partial charge in [0.2, 0.25) is 0 Å². The predicted molar refractivity (Wildman–Crippen MR) is 106 cm³/mol. The summed E-state index contributed by atoms with van der Waals surface area (Å²) >= 11 is 0. The number of rotatable bonds is 5. The molecule has 5 heteroatoms. The number of hydrogen-bond acceptors (Lipinski definition) is 3. The first-order valence-electron chi connectivity index (χ1n) is 9.70. The second-order valence-electron chi connectivity index (χ2n) is 8.79. The van der Waals surface area contributed by atoms with Crippen LogP contribution in [0.5, 0.6) is 0 Å². The van der Waals surface area contributed by atoms with Gasteiger partial charge in [-0.25, -0.2) is 9.18 Å². The zero-order valence-corrected chi connectivity index (χ0v) is 18.0. The van der Waals surface area contributed by atoms with E-state index in [0.29, 0.717) is 11.1 Å². The van der Waals surface area contributed by atoms with E-state index in [0.717, 1.165) is 25.7 Å². The Labute approximate surface area is 158 Å². The van der Waals surface area contributed by atoms with Crippen LogP contribution in [0, 0.1) is 5.82 Å². The molecule has 0 spiro atoms. The summed E-state index contributed by atoms with van der Waals surface area (Å²) in [4.78, 5) is 12.3. The summed E-state index contributed by atoms with van der Waals surface area (Å²) in [7, 11) is -1.87. The fourth-order valence-corrected chi connectivity index (χ4v) is 4.85. The molecule has 0 saturated heterocycles. The SMILES string of the molecule is CCOC(=O)c1cccc(F)c1C1CCCC(O[Si](C)(C)C(C)(C)C)C1. The lowest BCUT2D eigenvalue weighted by atomic mass is 9.80. The normalized spacial score (nSPS) is 21.5. The van der Waals surface area contributed by atoms with Crippen LogP contribution in [0.25, 0.3) is 0 Å². The molecule has 2 rings (SSSR count). The van der Waals surface area contributed by atoms with E-state index in [9.17, 15) is 9.18 Å². The standard InChI is InChI=1S/C21H33FO3Si/c1-7-24-20(23)17-12-9-13-18(22)19(17)15-10-8-11-16(14-15)25-26(5,6)21(2,3)4/h9,12-13,15-16H,7-8,10-11,14H2,1-6H3. The molecule has 1 aromatic rings. The first kappa shape index (κ1) is 21.1. The largest absolute Gasteiger partial charge is 0.462 e. The first-order chi connectivity index (χ1) is 12.1. The zero-order chi connectivity index (χ0) is 19.5. The van der Waals surface area contributed by atoms with Gasteiger partial charge < -0.3 is 9.16 Å². The van der Waals surface area contributed by atoms with E-state index >= 15 is 0 Å². The number of esters is 1. The lowest BCUT2D eigenvalue weighted by Gasteiger charge is -2.41. The Bertz CT molecular complexity index is 637. The van der Waals surface area contributed by atoms with Crippen LogP contribution in [0.1, 0.15) is 75.2 Å². The first-order valence-corrected chi connectivity index (χ1v) is 12.6. The molecule has 2 unspecified atom stereocenters. The van der Waals surface area contributed by atoms with Gasteiger partial charge in [0.1, 0.15) is 5.82 Å². The molecule has 0 heterocycles. The van der Waals surface area contributed by atoms with E-state index in [1.165, 1.54) is 6.07 Å². The number of carbonyl (C=O) groups is 1. The molecule has 26 heavy (non-hydrogen) atoms. The van der Waals surface area contributed by atoms with Crippen molar-refractivity contribution in [2.24, 2.45) is 0 Å². The minimum absolute atomic E-state index is 0.000811. The molecule has 1 saturated carbocycles. The van der Waals surface area contributed by atoms with E-state index in [1.54, 1.807) is 19.1 Å². The van der Waals surface area contributed by atoms with E-state index in [-0.39, 0.29) is 29.5 Å². The van der Waals surface area contributed by atoms with Crippen LogP contribution in [0.2, 0.25) is 18.1 Å². The van der Waals surface area contributed by atoms with Crippen molar-refractivity contribution in [2.45, 2.75) is 83.5 Å². The van der Waals surface area contributed by atoms with Crippen molar-refractivity contribution < 1.29 is 18.3 Å². The monoisotopic (exact) mass is 380 g/mol. The molecule has 0 aliphatic heterocycles. The van der Waals surface area contributed by atoms with Crippen LogP contribution >= 0.6 is 0 Å². The van der Waals surface area contributed by atoms with Crippen molar-refractivity contribution in [2.75, 3.05) is 6.61 Å². The van der Waals surface area contributed by atoms with Gasteiger partial charge in [-0.15, -0.1) is 0 Å². The molecule has 2 atom stereocenters. The quantitative estimate of drug-likeness (QED) is 0.461. The second kappa shape index (κ2) is 8.22. The summed E-state index contributed by atoms with van der Waals surface area (Å²) in [6.45, 7) is 13.3. The maximum Gasteiger partial charge on any atom is 0.338 e. The summed E-state index contributed by atoms with van der Waals surface area (Å²) in [5, 5.41) is 0.147. The fourth-order valence-electron chi connectivity index (χ4n) is 3.45. The molecular formula is C21H33FO3Si. The Morgan fingerprint density at radius 2 is 1.96 bits per heavy atom. The van der Waals surface area contributed by atoms with Gasteiger partial charge in [0.25, 0.3) is 0 Å². The van der Waals surface area contributed by atoms with E-state index in [2.05, 4.69) is 33.9 Å². The number of ether oxygens (including phenoxy) is 1. The highest BCUT2D eigenvalue weighted by atomic mass is 28.4. The summed E-state index contributed by atoms with van der Waals surface area (Å²) in [6.07, 6.45) is 3.77. The topological polar surface area (TPSA) is 35.5 Å². The van der Waals surface area contributed by atoms with Crippen LogP contribution in [-0.2, 0) is 9.16 Å². The molecule has 0 bridgehead atoms. The summed E-state index contributed by atoms with van der Waals surface area (Å²) in [6, 6.07) is 4.70. The molecule has 0 amide bonds. The van der Waals surface area contributed by atoms with Gasteiger partial charge in [0, 0.05) is 11.7 Å². The number of hydrogen-bond donors (Lipinski definition) is 0. The molecule has 1 aliphatic rings. The highest BCUT2D eigenvalue weighted by Gasteiger charge is 2.40. The zero-order valence-electron chi connectivity index (χ0n) is 17.0. The molecule has 0 N–H and O–H groups in total. The fraction of sp³-hybridized carbons (Fsp3) is 0.667. The minimum atomic E-state index is -1.87. The van der Waals surface area contributed by atoms with E-state index in [4.69, 9.17) is 9.16 Å². The maximum atomic E-state index is 14.6. The third-order valence-corrected chi connectivity index (χ3v) is 10.4. The van der Waals surface area contributed by atoms with Crippen molar-refractivity contribution in [3.63, 3.8) is 0 Å². The number of benzene rings is 1. The second-order valence-corrected chi connectivity index (χ2v) is 13.5. The average molecular weight is 381 g/mol. The van der Waals surface area contributed by atoms with Crippen LogP contribution in [0.4, 0.5) is 4.39 Å². The minimum Gasteiger partial charge on any atom is -0.462 e. The van der Waals surface area contributed by atoms with Gasteiger partial charge >= 0.3 is 5.97 Å². The third kappa shape index (κ3) is 4.74. The van der Waals surface area contributed by atoms with Crippen LogP contribution in [0.3, 0.4) is 0 Å². The molecule has 0 radical (unpaired) electrons. The van der Waals surface area contributed by atoms with Gasteiger partial charge in [-0.05, 0) is 62.4 Å². The highest BCUT2D eigenvalue weighted by Crippen LogP contribution is 2.42. The van der Waals surface area contributed by atoms with E-state index in [1.807, 2.05) is 0 Å². The van der Waals surface area contributed by atoms with Crippen molar-refractivity contribution in [3.05, 3.63) is 35.1 Å². The van der Waals surface area contributed by atoms with Gasteiger partial charge in [-0.2, -0.15) is 0 Å². The molecule has 3 nitrogen and oxygen atoms in total. The Morgan fingerprint density at radius 1 is 1.27 bits per heavy atom. The Morgan fingerprint density at radius 3 is 2.58 bits per heavy atom. The molecular weight excluding hydrogens is 347 g/mol. The summed E-state index contributed by atoms with van der Waals surface area (Å²) < 4.78 is 26.4. The van der Waals surface area contributed by atoms with Crippen molar-refractivity contribution in [3.8, 4) is 0 Å². The highest BCUT2D eigenvalue weighted by molar-refractivity contribution is 6.74. The smallest absolute Gasteiger partial charge is 0.338 e. The lowest BCUT2D eigenvalue weighted by Crippen LogP contribution is -2.44. The number of halogens is 1. The molecule has 0 aromatic heterocycles. The third-order valence-electron chi connectivity index (χ3n) is 5.85. The van der Waals surface area contributed by atoms with Crippen LogP contribution in [-0.4, -0.2) is 27.0 Å². The Kier molecular flexibility index (Phi) is 6.67. The summed E-state index contributed by atoms with van der Waals surface area (Å²) in [5.74, 6) is -0.748. The van der Waals surface area contributed by atoms with Crippen molar-refractivity contribution in [1.29, 1.82) is 0 Å². The summed E-state index contributed by atoms with van der Waals surface area (Å²) in [5.41, 5.74) is 0.874. The average Bonchev–Trinajstić information content (AvgIpc) is 2.53. The molecule has 1 fully saturated rings. The Hall–Kier alpha value is -1.20. The molecule has 1 aromatic carbocycles. The van der Waals surface area contributed by atoms with Crippen LogP contribution in [0.15, 0.2) is 18.2 Å². The van der Waals surface area contributed by atoms with E-state index < -0.39 is 14.3 Å². The number of carbonyl (C=O) groups excluding carboxylic acids is 1. The van der Waals surface area contributed by atoms with Crippen LogP contribution < -0.4 is 0 Å². The van der Waals surface area contributed by atoms with Crippen molar-refractivity contribution in [1.82, 2.24) is 0 Å². The van der Waals surface area contributed by atoms with Crippen molar-refractivity contribution >= 4 is 14.3 Å².